The number of ether oxygens (including phenoxy) is 1. The third-order valence-electron chi connectivity index (χ3n) is 3.63. The second-order valence-electron chi connectivity index (χ2n) is 5.51. The number of thioether (sulfide) groups is 1. The van der Waals surface area contributed by atoms with Crippen molar-refractivity contribution < 1.29 is 14.3 Å². The normalized spacial score (nSPS) is 10.5. The van der Waals surface area contributed by atoms with Gasteiger partial charge in [0.25, 0.3) is 0 Å². The maximum absolute atomic E-state index is 12.3. The number of amides is 1. The van der Waals surface area contributed by atoms with Crippen molar-refractivity contribution in [2.24, 2.45) is 0 Å². The summed E-state index contributed by atoms with van der Waals surface area (Å²) in [7, 11) is 0. The van der Waals surface area contributed by atoms with Crippen LogP contribution in [0, 0.1) is 0 Å². The second kappa shape index (κ2) is 9.00. The van der Waals surface area contributed by atoms with E-state index in [9.17, 15) is 9.59 Å². The monoisotopic (exact) mass is 398 g/mol. The third kappa shape index (κ3) is 4.46. The van der Waals surface area contributed by atoms with Gasteiger partial charge in [0.05, 0.1) is 23.6 Å². The molecule has 0 saturated heterocycles. The standard InChI is InChI=1S/C18H18N6O3S/c1-2-27-17(26)13-5-3-4-6-14(13)21-15(25)11-28-18-23-22-16(24(18)19)12-7-9-20-10-8-12/h3-10H,2,11,19H2,1H3,(H,21,25). The molecule has 9 nitrogen and oxygen atoms in total. The Morgan fingerprint density at radius 3 is 2.68 bits per heavy atom. The number of anilines is 1. The van der Waals surface area contributed by atoms with Crippen LogP contribution < -0.4 is 11.2 Å². The molecule has 0 aliphatic rings. The first-order valence-corrected chi connectivity index (χ1v) is 9.38. The Morgan fingerprint density at radius 1 is 1.18 bits per heavy atom. The van der Waals surface area contributed by atoms with E-state index in [2.05, 4.69) is 20.5 Å². The molecule has 0 unspecified atom stereocenters. The molecular weight excluding hydrogens is 380 g/mol. The fourth-order valence-electron chi connectivity index (χ4n) is 2.37. The van der Waals surface area contributed by atoms with Crippen LogP contribution in [0.25, 0.3) is 11.4 Å². The van der Waals surface area contributed by atoms with Crippen LogP contribution in [0.4, 0.5) is 5.69 Å². The number of rotatable bonds is 7. The van der Waals surface area contributed by atoms with E-state index in [-0.39, 0.29) is 18.3 Å². The first kappa shape index (κ1) is 19.4. The molecule has 2 heterocycles. The van der Waals surface area contributed by atoms with E-state index in [4.69, 9.17) is 10.6 Å². The van der Waals surface area contributed by atoms with Crippen molar-refractivity contribution in [3.05, 3.63) is 54.4 Å². The summed E-state index contributed by atoms with van der Waals surface area (Å²) in [5.74, 6) is 5.74. The zero-order chi connectivity index (χ0) is 19.9. The molecule has 0 aliphatic heterocycles. The zero-order valence-corrected chi connectivity index (χ0v) is 15.8. The van der Waals surface area contributed by atoms with Gasteiger partial charge in [0.1, 0.15) is 0 Å². The lowest BCUT2D eigenvalue weighted by molar-refractivity contribution is -0.113. The number of hydrogen-bond donors (Lipinski definition) is 2. The summed E-state index contributed by atoms with van der Waals surface area (Å²) in [5, 5.41) is 11.2. The first-order valence-electron chi connectivity index (χ1n) is 8.39. The van der Waals surface area contributed by atoms with Gasteiger partial charge in [-0.25, -0.2) is 9.47 Å². The van der Waals surface area contributed by atoms with Crippen molar-refractivity contribution >= 4 is 29.3 Å². The van der Waals surface area contributed by atoms with Crippen LogP contribution in [-0.2, 0) is 9.53 Å². The molecule has 1 aromatic carbocycles. The van der Waals surface area contributed by atoms with Crippen molar-refractivity contribution in [1.29, 1.82) is 0 Å². The highest BCUT2D eigenvalue weighted by molar-refractivity contribution is 7.99. The van der Waals surface area contributed by atoms with Gasteiger partial charge in [-0.1, -0.05) is 23.9 Å². The fraction of sp³-hybridized carbons (Fsp3) is 0.167. The number of esters is 1. The molecule has 0 spiro atoms. The van der Waals surface area contributed by atoms with Crippen molar-refractivity contribution in [3.63, 3.8) is 0 Å². The number of nitrogens with one attached hydrogen (secondary N) is 1. The maximum atomic E-state index is 12.3. The van der Waals surface area contributed by atoms with Gasteiger partial charge in [0.15, 0.2) is 5.82 Å². The lowest BCUT2D eigenvalue weighted by Gasteiger charge is -2.10. The molecule has 1 amide bonds. The Kier molecular flexibility index (Phi) is 6.22. The van der Waals surface area contributed by atoms with E-state index in [1.165, 1.54) is 4.68 Å². The SMILES string of the molecule is CCOC(=O)c1ccccc1NC(=O)CSc1nnc(-c2ccncc2)n1N. The minimum Gasteiger partial charge on any atom is -0.462 e. The van der Waals surface area contributed by atoms with Crippen LogP contribution in [0.1, 0.15) is 17.3 Å². The summed E-state index contributed by atoms with van der Waals surface area (Å²) >= 11 is 1.13. The van der Waals surface area contributed by atoms with Gasteiger partial charge in [-0.3, -0.25) is 9.78 Å². The van der Waals surface area contributed by atoms with E-state index < -0.39 is 5.97 Å². The van der Waals surface area contributed by atoms with Gasteiger partial charge >= 0.3 is 5.97 Å². The Hall–Kier alpha value is -3.40. The summed E-state index contributed by atoms with van der Waals surface area (Å²) in [4.78, 5) is 28.3. The van der Waals surface area contributed by atoms with E-state index in [0.717, 1.165) is 17.3 Å². The summed E-state index contributed by atoms with van der Waals surface area (Å²) in [6.07, 6.45) is 3.26. The molecular formula is C18H18N6O3S. The molecule has 2 aromatic heterocycles. The van der Waals surface area contributed by atoms with Gasteiger partial charge in [0, 0.05) is 18.0 Å². The van der Waals surface area contributed by atoms with Crippen molar-refractivity contribution in [2.75, 3.05) is 23.5 Å². The van der Waals surface area contributed by atoms with Crippen molar-refractivity contribution in [3.8, 4) is 11.4 Å². The lowest BCUT2D eigenvalue weighted by atomic mass is 10.2. The number of carbonyl (C=O) groups is 2. The Morgan fingerprint density at radius 2 is 1.93 bits per heavy atom. The quantitative estimate of drug-likeness (QED) is 0.351. The number of nitrogens with two attached hydrogens (primary N) is 1. The van der Waals surface area contributed by atoms with Crippen LogP contribution in [0.15, 0.2) is 53.9 Å². The smallest absolute Gasteiger partial charge is 0.340 e. The molecule has 0 aliphatic carbocycles. The third-order valence-corrected chi connectivity index (χ3v) is 4.57. The molecule has 0 fully saturated rings. The second-order valence-corrected chi connectivity index (χ2v) is 6.46. The topological polar surface area (TPSA) is 125 Å². The van der Waals surface area contributed by atoms with E-state index in [1.54, 1.807) is 55.7 Å². The number of pyridine rings is 1. The Bertz CT molecular complexity index is 976. The summed E-state index contributed by atoms with van der Waals surface area (Å²) in [5.41, 5.74) is 1.45. The Labute approximate surface area is 165 Å². The summed E-state index contributed by atoms with van der Waals surface area (Å²) in [6, 6.07) is 10.2. The molecule has 0 saturated carbocycles. The number of benzene rings is 1. The van der Waals surface area contributed by atoms with Gasteiger partial charge < -0.3 is 15.9 Å². The molecule has 0 bridgehead atoms. The number of aromatic nitrogens is 4. The van der Waals surface area contributed by atoms with Crippen LogP contribution >= 0.6 is 11.8 Å². The minimum absolute atomic E-state index is 0.0445. The van der Waals surface area contributed by atoms with E-state index in [0.29, 0.717) is 22.2 Å². The van der Waals surface area contributed by atoms with Crippen LogP contribution in [-0.4, -0.2) is 44.1 Å². The Balaban J connectivity index is 1.65. The highest BCUT2D eigenvalue weighted by Crippen LogP contribution is 2.22. The van der Waals surface area contributed by atoms with E-state index in [1.807, 2.05) is 0 Å². The highest BCUT2D eigenvalue weighted by Gasteiger charge is 2.16. The number of hydrogen-bond acceptors (Lipinski definition) is 8. The first-order chi connectivity index (χ1) is 13.6. The number of para-hydroxylation sites is 1. The van der Waals surface area contributed by atoms with Crippen molar-refractivity contribution in [1.82, 2.24) is 19.9 Å². The molecule has 3 aromatic rings. The largest absolute Gasteiger partial charge is 0.462 e. The number of nitrogen functional groups attached to an aromatic ring is 1. The molecule has 10 heteroatoms. The molecule has 0 radical (unpaired) electrons. The predicted octanol–water partition coefficient (Wildman–Crippen LogP) is 1.96. The maximum Gasteiger partial charge on any atom is 0.340 e. The summed E-state index contributed by atoms with van der Waals surface area (Å²) < 4.78 is 6.32. The van der Waals surface area contributed by atoms with Gasteiger partial charge in [-0.05, 0) is 31.2 Å². The fourth-order valence-corrected chi connectivity index (χ4v) is 3.03. The summed E-state index contributed by atoms with van der Waals surface area (Å²) in [6.45, 7) is 1.97. The number of nitrogens with zero attached hydrogens (tertiary/aromatic N) is 4. The average molecular weight is 398 g/mol. The lowest BCUT2D eigenvalue weighted by Crippen LogP contribution is -2.18. The van der Waals surface area contributed by atoms with Crippen LogP contribution in [0.3, 0.4) is 0 Å². The van der Waals surface area contributed by atoms with Gasteiger partial charge in [-0.15, -0.1) is 10.2 Å². The highest BCUT2D eigenvalue weighted by atomic mass is 32.2. The van der Waals surface area contributed by atoms with Crippen LogP contribution in [0.2, 0.25) is 0 Å². The molecule has 3 N–H and O–H groups in total. The average Bonchev–Trinajstić information content (AvgIpc) is 3.08. The zero-order valence-electron chi connectivity index (χ0n) is 15.0. The van der Waals surface area contributed by atoms with Gasteiger partial charge in [-0.2, -0.15) is 0 Å². The van der Waals surface area contributed by atoms with E-state index >= 15 is 0 Å². The van der Waals surface area contributed by atoms with Crippen LogP contribution in [0.5, 0.6) is 0 Å². The van der Waals surface area contributed by atoms with Gasteiger partial charge in [0.2, 0.25) is 11.1 Å². The predicted molar refractivity (Wildman–Crippen MR) is 105 cm³/mol. The molecule has 3 rings (SSSR count). The van der Waals surface area contributed by atoms with Crippen molar-refractivity contribution in [2.45, 2.75) is 12.1 Å². The molecule has 144 valence electrons. The molecule has 28 heavy (non-hydrogen) atoms. The number of carbonyl (C=O) groups excluding carboxylic acids is 2. The molecule has 0 atom stereocenters. The minimum atomic E-state index is -0.491.